The van der Waals surface area contributed by atoms with Gasteiger partial charge in [0.2, 0.25) is 0 Å². The van der Waals surface area contributed by atoms with Crippen LogP contribution in [-0.4, -0.2) is 43.5 Å². The molecule has 134 valence electrons. The zero-order valence-electron chi connectivity index (χ0n) is 14.7. The minimum Gasteiger partial charge on any atom is -0.459 e. The largest absolute Gasteiger partial charge is 0.459 e. The fourth-order valence-electron chi connectivity index (χ4n) is 2.15. The number of urea groups is 1. The Kier molecular flexibility index (Phi) is 6.59. The van der Waals surface area contributed by atoms with Crippen molar-refractivity contribution in [3.63, 3.8) is 0 Å². The van der Waals surface area contributed by atoms with Crippen molar-refractivity contribution in [1.82, 2.24) is 10.2 Å². The van der Waals surface area contributed by atoms with Crippen LogP contribution < -0.4 is 16.0 Å². The molecule has 1 heterocycles. The molecule has 1 aromatic heterocycles. The Morgan fingerprint density at radius 1 is 1.08 bits per heavy atom. The van der Waals surface area contributed by atoms with Crippen LogP contribution in [0, 0.1) is 0 Å². The summed E-state index contributed by atoms with van der Waals surface area (Å²) in [6.45, 7) is 2.88. The summed E-state index contributed by atoms with van der Waals surface area (Å²) in [7, 11) is 4.00. The van der Waals surface area contributed by atoms with Gasteiger partial charge in [0, 0.05) is 17.4 Å². The summed E-state index contributed by atoms with van der Waals surface area (Å²) in [6, 6.07) is 9.95. The summed E-state index contributed by atoms with van der Waals surface area (Å²) >= 11 is 0. The second-order valence-corrected chi connectivity index (χ2v) is 6.10. The number of carbonyl (C=O) groups is 2. The van der Waals surface area contributed by atoms with E-state index < -0.39 is 0 Å². The van der Waals surface area contributed by atoms with E-state index in [1.54, 1.807) is 36.4 Å². The summed E-state index contributed by atoms with van der Waals surface area (Å²) in [5.74, 6) is -0.0774. The molecule has 2 rings (SSSR count). The Hall–Kier alpha value is -2.80. The van der Waals surface area contributed by atoms with Crippen LogP contribution in [0.4, 0.5) is 16.2 Å². The number of rotatable bonds is 7. The lowest BCUT2D eigenvalue weighted by molar-refractivity contribution is 0.0996. The quantitative estimate of drug-likeness (QED) is 0.721. The molecule has 0 fully saturated rings. The maximum atomic E-state index is 12.0. The molecule has 25 heavy (non-hydrogen) atoms. The summed E-state index contributed by atoms with van der Waals surface area (Å²) < 4.78 is 5.04. The van der Waals surface area contributed by atoms with Crippen molar-refractivity contribution >= 4 is 23.3 Å². The van der Waals surface area contributed by atoms with Crippen LogP contribution in [-0.2, 0) is 0 Å². The first-order valence-corrected chi connectivity index (χ1v) is 8.11. The standard InChI is InChI=1S/C18H24N4O3/c1-13(10-11-22(2)3)19-18(24)21-15-8-6-14(7-9-15)20-17(23)16-5-4-12-25-16/h4-9,12-13H,10-11H2,1-3H3,(H,20,23)(H2,19,21,24). The average molecular weight is 344 g/mol. The molecular formula is C18H24N4O3. The van der Waals surface area contributed by atoms with Gasteiger partial charge in [0.25, 0.3) is 5.91 Å². The van der Waals surface area contributed by atoms with E-state index >= 15 is 0 Å². The molecule has 0 bridgehead atoms. The molecule has 1 atom stereocenters. The van der Waals surface area contributed by atoms with Crippen molar-refractivity contribution in [3.8, 4) is 0 Å². The van der Waals surface area contributed by atoms with Crippen molar-refractivity contribution < 1.29 is 14.0 Å². The van der Waals surface area contributed by atoms with E-state index in [0.717, 1.165) is 13.0 Å². The van der Waals surface area contributed by atoms with Gasteiger partial charge in [-0.25, -0.2) is 4.79 Å². The van der Waals surface area contributed by atoms with Crippen LogP contribution in [0.3, 0.4) is 0 Å². The molecule has 7 heteroatoms. The Morgan fingerprint density at radius 2 is 1.72 bits per heavy atom. The van der Waals surface area contributed by atoms with Crippen LogP contribution >= 0.6 is 0 Å². The van der Waals surface area contributed by atoms with Gasteiger partial charge >= 0.3 is 6.03 Å². The number of hydrogen-bond acceptors (Lipinski definition) is 4. The number of carbonyl (C=O) groups excluding carboxylic acids is 2. The normalized spacial score (nSPS) is 11.8. The minimum atomic E-state index is -0.321. The molecule has 3 amide bonds. The topological polar surface area (TPSA) is 86.6 Å². The van der Waals surface area contributed by atoms with Crippen LogP contribution in [0.25, 0.3) is 0 Å². The second kappa shape index (κ2) is 8.89. The van der Waals surface area contributed by atoms with Gasteiger partial charge in [-0.1, -0.05) is 0 Å². The van der Waals surface area contributed by atoms with Crippen LogP contribution in [0.1, 0.15) is 23.9 Å². The SMILES string of the molecule is CC(CCN(C)C)NC(=O)Nc1ccc(NC(=O)c2ccco2)cc1. The summed E-state index contributed by atoms with van der Waals surface area (Å²) in [4.78, 5) is 25.9. The van der Waals surface area contributed by atoms with Gasteiger partial charge in [0.05, 0.1) is 6.26 Å². The van der Waals surface area contributed by atoms with E-state index in [2.05, 4.69) is 20.9 Å². The molecule has 2 aromatic rings. The molecule has 0 aliphatic rings. The lowest BCUT2D eigenvalue weighted by Crippen LogP contribution is -2.37. The van der Waals surface area contributed by atoms with E-state index in [1.165, 1.54) is 6.26 Å². The maximum absolute atomic E-state index is 12.0. The molecule has 0 radical (unpaired) electrons. The number of benzene rings is 1. The first-order chi connectivity index (χ1) is 11.9. The van der Waals surface area contributed by atoms with Crippen LogP contribution in [0.5, 0.6) is 0 Å². The zero-order valence-corrected chi connectivity index (χ0v) is 14.7. The highest BCUT2D eigenvalue weighted by atomic mass is 16.3. The van der Waals surface area contributed by atoms with Crippen molar-refractivity contribution in [2.24, 2.45) is 0 Å². The van der Waals surface area contributed by atoms with Gasteiger partial charge in [-0.15, -0.1) is 0 Å². The van der Waals surface area contributed by atoms with Crippen LogP contribution in [0.2, 0.25) is 0 Å². The molecule has 0 aliphatic carbocycles. The molecule has 1 aromatic carbocycles. The number of anilines is 2. The smallest absolute Gasteiger partial charge is 0.319 e. The zero-order chi connectivity index (χ0) is 18.2. The molecule has 0 saturated heterocycles. The summed E-state index contributed by atoms with van der Waals surface area (Å²) in [5, 5.41) is 8.38. The first kappa shape index (κ1) is 18.5. The van der Waals surface area contributed by atoms with E-state index in [4.69, 9.17) is 4.42 Å². The third kappa shape index (κ3) is 6.31. The van der Waals surface area contributed by atoms with E-state index in [-0.39, 0.29) is 23.7 Å². The Bertz CT molecular complexity index is 681. The molecule has 0 saturated carbocycles. The van der Waals surface area contributed by atoms with Gasteiger partial charge in [-0.2, -0.15) is 0 Å². The predicted molar refractivity (Wildman–Crippen MR) is 97.9 cm³/mol. The number of amides is 3. The molecule has 3 N–H and O–H groups in total. The highest BCUT2D eigenvalue weighted by Crippen LogP contribution is 2.15. The van der Waals surface area contributed by atoms with Crippen molar-refractivity contribution in [2.45, 2.75) is 19.4 Å². The first-order valence-electron chi connectivity index (χ1n) is 8.11. The van der Waals surface area contributed by atoms with Gasteiger partial charge in [0.15, 0.2) is 5.76 Å². The Labute approximate surface area is 147 Å². The summed E-state index contributed by atoms with van der Waals surface area (Å²) in [6.07, 6.45) is 2.32. The molecule has 0 aliphatic heterocycles. The fourth-order valence-corrected chi connectivity index (χ4v) is 2.15. The van der Waals surface area contributed by atoms with Crippen LogP contribution in [0.15, 0.2) is 47.1 Å². The number of nitrogens with one attached hydrogen (secondary N) is 3. The number of hydrogen-bond donors (Lipinski definition) is 3. The van der Waals surface area contributed by atoms with Crippen molar-refractivity contribution in [1.29, 1.82) is 0 Å². The van der Waals surface area contributed by atoms with Crippen molar-refractivity contribution in [3.05, 3.63) is 48.4 Å². The van der Waals surface area contributed by atoms with E-state index in [9.17, 15) is 9.59 Å². The average Bonchev–Trinajstić information content (AvgIpc) is 3.09. The molecule has 7 nitrogen and oxygen atoms in total. The lowest BCUT2D eigenvalue weighted by Gasteiger charge is -2.17. The van der Waals surface area contributed by atoms with Gasteiger partial charge in [-0.3, -0.25) is 4.79 Å². The fraction of sp³-hybridized carbons (Fsp3) is 0.333. The monoisotopic (exact) mass is 344 g/mol. The Balaban J connectivity index is 1.81. The van der Waals surface area contributed by atoms with E-state index in [0.29, 0.717) is 11.4 Å². The van der Waals surface area contributed by atoms with Gasteiger partial charge < -0.3 is 25.3 Å². The van der Waals surface area contributed by atoms with Crippen molar-refractivity contribution in [2.75, 3.05) is 31.3 Å². The third-order valence-corrected chi connectivity index (χ3v) is 3.53. The highest BCUT2D eigenvalue weighted by molar-refractivity contribution is 6.02. The molecule has 0 spiro atoms. The van der Waals surface area contributed by atoms with E-state index in [1.807, 2.05) is 21.0 Å². The second-order valence-electron chi connectivity index (χ2n) is 6.10. The maximum Gasteiger partial charge on any atom is 0.319 e. The minimum absolute atomic E-state index is 0.0780. The number of furan rings is 1. The number of nitrogens with zero attached hydrogens (tertiary/aromatic N) is 1. The Morgan fingerprint density at radius 3 is 2.28 bits per heavy atom. The van der Waals surface area contributed by atoms with Gasteiger partial charge in [-0.05, 0) is 70.4 Å². The third-order valence-electron chi connectivity index (χ3n) is 3.53. The summed E-state index contributed by atoms with van der Waals surface area (Å²) in [5.41, 5.74) is 1.26. The van der Waals surface area contributed by atoms with Gasteiger partial charge in [0.1, 0.15) is 0 Å². The lowest BCUT2D eigenvalue weighted by atomic mass is 10.2. The molecular weight excluding hydrogens is 320 g/mol. The molecule has 1 unspecified atom stereocenters. The predicted octanol–water partition coefficient (Wildman–Crippen LogP) is 2.99. The highest BCUT2D eigenvalue weighted by Gasteiger charge is 2.10.